The second-order valence-electron chi connectivity index (χ2n) is 4.36. The predicted molar refractivity (Wildman–Crippen MR) is 74.2 cm³/mol. The minimum Gasteiger partial charge on any atom is -0.325 e. The normalized spacial score (nSPS) is 11.7. The molecular formula is C12H17N5O2S. The monoisotopic (exact) mass is 295 g/mol. The first-order valence-electron chi connectivity index (χ1n) is 6.13. The zero-order valence-electron chi connectivity index (χ0n) is 11.2. The maximum atomic E-state index is 12.0. The van der Waals surface area contributed by atoms with Crippen molar-refractivity contribution in [3.05, 3.63) is 42.0 Å². The topological polar surface area (TPSA) is 103 Å². The standard InChI is InChI=1S/C12H17N5O2S/c1-17-9-10(7-15-17)4-5-16-20(18,19)12-3-2-11(6-13)14-8-12/h2-3,7-9,16H,4-6,13H2,1H3. The van der Waals surface area contributed by atoms with Crippen LogP contribution < -0.4 is 10.5 Å². The molecular weight excluding hydrogens is 278 g/mol. The highest BCUT2D eigenvalue weighted by molar-refractivity contribution is 7.89. The molecule has 3 N–H and O–H groups in total. The van der Waals surface area contributed by atoms with Gasteiger partial charge < -0.3 is 5.73 Å². The van der Waals surface area contributed by atoms with Gasteiger partial charge in [0, 0.05) is 32.5 Å². The molecule has 0 spiro atoms. The smallest absolute Gasteiger partial charge is 0.242 e. The summed E-state index contributed by atoms with van der Waals surface area (Å²) in [7, 11) is -1.71. The van der Waals surface area contributed by atoms with Crippen molar-refractivity contribution in [1.29, 1.82) is 0 Å². The zero-order chi connectivity index (χ0) is 14.6. The lowest BCUT2D eigenvalue weighted by molar-refractivity contribution is 0.581. The summed E-state index contributed by atoms with van der Waals surface area (Å²) in [5.41, 5.74) is 7.05. The molecule has 2 heterocycles. The molecule has 0 aliphatic carbocycles. The Balaban J connectivity index is 1.96. The molecule has 0 aliphatic rings. The quantitative estimate of drug-likeness (QED) is 0.768. The number of aryl methyl sites for hydroxylation is 1. The number of nitrogens with zero attached hydrogens (tertiary/aromatic N) is 3. The average Bonchev–Trinajstić information content (AvgIpc) is 2.84. The third-order valence-corrected chi connectivity index (χ3v) is 4.23. The molecule has 20 heavy (non-hydrogen) atoms. The van der Waals surface area contributed by atoms with E-state index in [0.29, 0.717) is 18.7 Å². The van der Waals surface area contributed by atoms with Gasteiger partial charge in [0.25, 0.3) is 0 Å². The Morgan fingerprint density at radius 2 is 2.15 bits per heavy atom. The Morgan fingerprint density at radius 3 is 2.70 bits per heavy atom. The van der Waals surface area contributed by atoms with E-state index in [0.717, 1.165) is 5.56 Å². The molecule has 0 amide bonds. The average molecular weight is 295 g/mol. The summed E-state index contributed by atoms with van der Waals surface area (Å²) in [5, 5.41) is 4.03. The van der Waals surface area contributed by atoms with Crippen molar-refractivity contribution >= 4 is 10.0 Å². The molecule has 7 nitrogen and oxygen atoms in total. The first kappa shape index (κ1) is 14.6. The van der Waals surface area contributed by atoms with Crippen LogP contribution in [0, 0.1) is 0 Å². The van der Waals surface area contributed by atoms with E-state index in [4.69, 9.17) is 5.73 Å². The minimum atomic E-state index is -3.53. The van der Waals surface area contributed by atoms with E-state index < -0.39 is 10.0 Å². The molecule has 2 rings (SSSR count). The minimum absolute atomic E-state index is 0.140. The molecule has 0 aliphatic heterocycles. The van der Waals surface area contributed by atoms with E-state index in [9.17, 15) is 8.42 Å². The zero-order valence-corrected chi connectivity index (χ0v) is 12.0. The van der Waals surface area contributed by atoms with Crippen molar-refractivity contribution in [3.63, 3.8) is 0 Å². The van der Waals surface area contributed by atoms with E-state index in [1.165, 1.54) is 12.3 Å². The van der Waals surface area contributed by atoms with E-state index in [1.54, 1.807) is 16.9 Å². The number of sulfonamides is 1. The first-order chi connectivity index (χ1) is 9.51. The number of aromatic nitrogens is 3. The number of rotatable bonds is 6. The van der Waals surface area contributed by atoms with Gasteiger partial charge in [0.05, 0.1) is 11.9 Å². The molecule has 0 aromatic carbocycles. The van der Waals surface area contributed by atoms with Crippen LogP contribution in [0.15, 0.2) is 35.6 Å². The van der Waals surface area contributed by atoms with Gasteiger partial charge in [-0.3, -0.25) is 9.67 Å². The van der Waals surface area contributed by atoms with Crippen LogP contribution in [0.2, 0.25) is 0 Å². The Bertz CT molecular complexity index is 663. The molecule has 0 radical (unpaired) electrons. The first-order valence-corrected chi connectivity index (χ1v) is 7.62. The van der Waals surface area contributed by atoms with Gasteiger partial charge in [0.1, 0.15) is 4.90 Å². The summed E-state index contributed by atoms with van der Waals surface area (Å²) in [6.07, 6.45) is 5.47. The van der Waals surface area contributed by atoms with E-state index in [2.05, 4.69) is 14.8 Å². The highest BCUT2D eigenvalue weighted by Gasteiger charge is 2.13. The Morgan fingerprint density at radius 1 is 1.35 bits per heavy atom. The van der Waals surface area contributed by atoms with Crippen LogP contribution in [-0.4, -0.2) is 29.7 Å². The summed E-state index contributed by atoms with van der Waals surface area (Å²) in [5.74, 6) is 0. The molecule has 0 saturated carbocycles. The second-order valence-corrected chi connectivity index (χ2v) is 6.13. The Kier molecular flexibility index (Phi) is 4.48. The largest absolute Gasteiger partial charge is 0.325 e. The lowest BCUT2D eigenvalue weighted by atomic mass is 10.3. The van der Waals surface area contributed by atoms with Crippen LogP contribution >= 0.6 is 0 Å². The number of nitrogens with two attached hydrogens (primary N) is 1. The maximum absolute atomic E-state index is 12.0. The van der Waals surface area contributed by atoms with Gasteiger partial charge in [0.15, 0.2) is 0 Å². The van der Waals surface area contributed by atoms with E-state index in [1.807, 2.05) is 13.2 Å². The highest BCUT2D eigenvalue weighted by atomic mass is 32.2. The van der Waals surface area contributed by atoms with Crippen LogP contribution in [0.1, 0.15) is 11.3 Å². The molecule has 0 unspecified atom stereocenters. The molecule has 2 aromatic rings. The molecule has 2 aromatic heterocycles. The molecule has 0 atom stereocenters. The van der Waals surface area contributed by atoms with Gasteiger partial charge in [-0.15, -0.1) is 0 Å². The molecule has 0 fully saturated rings. The van der Waals surface area contributed by atoms with Crippen molar-refractivity contribution in [2.24, 2.45) is 12.8 Å². The van der Waals surface area contributed by atoms with Crippen molar-refractivity contribution in [3.8, 4) is 0 Å². The van der Waals surface area contributed by atoms with E-state index in [-0.39, 0.29) is 11.4 Å². The lowest BCUT2D eigenvalue weighted by Gasteiger charge is -2.06. The third-order valence-electron chi connectivity index (χ3n) is 2.78. The van der Waals surface area contributed by atoms with Gasteiger partial charge in [-0.2, -0.15) is 5.10 Å². The van der Waals surface area contributed by atoms with E-state index >= 15 is 0 Å². The van der Waals surface area contributed by atoms with Crippen molar-refractivity contribution in [2.45, 2.75) is 17.9 Å². The summed E-state index contributed by atoms with van der Waals surface area (Å²) < 4.78 is 28.3. The van der Waals surface area contributed by atoms with Crippen LogP contribution in [0.3, 0.4) is 0 Å². The van der Waals surface area contributed by atoms with Crippen LogP contribution in [-0.2, 0) is 30.0 Å². The van der Waals surface area contributed by atoms with Crippen molar-refractivity contribution in [2.75, 3.05) is 6.54 Å². The van der Waals surface area contributed by atoms with Gasteiger partial charge in [-0.1, -0.05) is 0 Å². The fraction of sp³-hybridized carbons (Fsp3) is 0.333. The molecule has 8 heteroatoms. The highest BCUT2D eigenvalue weighted by Crippen LogP contribution is 2.07. The van der Waals surface area contributed by atoms with Gasteiger partial charge in [-0.25, -0.2) is 13.1 Å². The lowest BCUT2D eigenvalue weighted by Crippen LogP contribution is -2.26. The number of hydrogen-bond donors (Lipinski definition) is 2. The number of pyridine rings is 1. The molecule has 0 bridgehead atoms. The van der Waals surface area contributed by atoms with Crippen LogP contribution in [0.25, 0.3) is 0 Å². The van der Waals surface area contributed by atoms with Crippen molar-refractivity contribution in [1.82, 2.24) is 19.5 Å². The number of hydrogen-bond acceptors (Lipinski definition) is 5. The van der Waals surface area contributed by atoms with Crippen LogP contribution in [0.5, 0.6) is 0 Å². The van der Waals surface area contributed by atoms with Gasteiger partial charge in [-0.05, 0) is 24.1 Å². The summed E-state index contributed by atoms with van der Waals surface area (Å²) in [6.45, 7) is 0.599. The Labute approximate surface area is 117 Å². The summed E-state index contributed by atoms with van der Waals surface area (Å²) in [6, 6.07) is 3.11. The fourth-order valence-electron chi connectivity index (χ4n) is 1.70. The summed E-state index contributed by atoms with van der Waals surface area (Å²) >= 11 is 0. The second kappa shape index (κ2) is 6.12. The van der Waals surface area contributed by atoms with Crippen molar-refractivity contribution < 1.29 is 8.42 Å². The molecule has 108 valence electrons. The Hall–Kier alpha value is -1.77. The number of nitrogens with one attached hydrogen (secondary N) is 1. The van der Waals surface area contributed by atoms with Gasteiger partial charge >= 0.3 is 0 Å². The third kappa shape index (κ3) is 3.62. The maximum Gasteiger partial charge on any atom is 0.242 e. The SMILES string of the molecule is Cn1cc(CCNS(=O)(=O)c2ccc(CN)nc2)cn1. The molecule has 0 saturated heterocycles. The predicted octanol–water partition coefficient (Wildman–Crippen LogP) is -0.205. The summed E-state index contributed by atoms with van der Waals surface area (Å²) in [4.78, 5) is 4.12. The fourth-order valence-corrected chi connectivity index (χ4v) is 2.68. The van der Waals surface area contributed by atoms with Gasteiger partial charge in [0.2, 0.25) is 10.0 Å². The van der Waals surface area contributed by atoms with Crippen LogP contribution in [0.4, 0.5) is 0 Å².